The maximum atomic E-state index is 11.6. The minimum atomic E-state index is -3.74. The molecule has 2 atom stereocenters. The minimum absolute atomic E-state index is 0.546. The first kappa shape index (κ1) is 16.8. The Balaban J connectivity index is 2.58. The van der Waals surface area contributed by atoms with Crippen LogP contribution in [0.4, 0.5) is 0 Å². The van der Waals surface area contributed by atoms with Gasteiger partial charge in [0, 0.05) is 0 Å². The summed E-state index contributed by atoms with van der Waals surface area (Å²) in [6, 6.07) is -2.35. The standard InChI is InChI=1S/C8H14N2O8S2/c1-19(13,14)17-3-5-7(11)10-6(8(12)9-5)4-18-20(2,15)16/h5-6H,3-4H2,1-2H3,(H,9,12)(H,10,11)/t5-,6-/m0/s1. The van der Waals surface area contributed by atoms with E-state index in [2.05, 4.69) is 19.0 Å². The normalized spacial score (nSPS) is 24.1. The van der Waals surface area contributed by atoms with Gasteiger partial charge in [-0.3, -0.25) is 18.0 Å². The molecule has 20 heavy (non-hydrogen) atoms. The van der Waals surface area contributed by atoms with E-state index in [0.717, 1.165) is 12.5 Å². The summed E-state index contributed by atoms with van der Waals surface area (Å²) >= 11 is 0. The number of rotatable bonds is 6. The van der Waals surface area contributed by atoms with E-state index in [-0.39, 0.29) is 0 Å². The molecule has 0 unspecified atom stereocenters. The van der Waals surface area contributed by atoms with Gasteiger partial charge in [-0.1, -0.05) is 0 Å². The third kappa shape index (κ3) is 5.81. The van der Waals surface area contributed by atoms with Gasteiger partial charge in [0.05, 0.1) is 25.7 Å². The molecule has 1 rings (SSSR count). The number of nitrogens with one attached hydrogen (secondary N) is 2. The van der Waals surface area contributed by atoms with Crippen LogP contribution in [0.25, 0.3) is 0 Å². The van der Waals surface area contributed by atoms with Crippen molar-refractivity contribution in [1.82, 2.24) is 10.6 Å². The van der Waals surface area contributed by atoms with Crippen LogP contribution in [0.2, 0.25) is 0 Å². The number of hydrogen-bond donors (Lipinski definition) is 2. The third-order valence-corrected chi connectivity index (χ3v) is 3.29. The Labute approximate surface area is 116 Å². The summed E-state index contributed by atoms with van der Waals surface area (Å²) in [6.07, 6.45) is 1.61. The molecule has 0 aromatic heterocycles. The van der Waals surface area contributed by atoms with Gasteiger partial charge >= 0.3 is 0 Å². The first-order valence-electron chi connectivity index (χ1n) is 5.27. The van der Waals surface area contributed by atoms with Crippen molar-refractivity contribution >= 4 is 32.1 Å². The molecule has 10 nitrogen and oxygen atoms in total. The van der Waals surface area contributed by atoms with E-state index < -0.39 is 57.3 Å². The Morgan fingerprint density at radius 1 is 0.850 bits per heavy atom. The molecule has 2 N–H and O–H groups in total. The van der Waals surface area contributed by atoms with Crippen LogP contribution in [-0.4, -0.2) is 66.5 Å². The molecule has 0 aromatic rings. The highest BCUT2D eigenvalue weighted by Gasteiger charge is 2.35. The van der Waals surface area contributed by atoms with Crippen LogP contribution >= 0.6 is 0 Å². The van der Waals surface area contributed by atoms with E-state index >= 15 is 0 Å². The largest absolute Gasteiger partial charge is 0.340 e. The van der Waals surface area contributed by atoms with Crippen molar-refractivity contribution in [3.05, 3.63) is 0 Å². The lowest BCUT2D eigenvalue weighted by atomic mass is 10.1. The second kappa shape index (κ2) is 6.03. The molecule has 12 heteroatoms. The summed E-state index contributed by atoms with van der Waals surface area (Å²) in [7, 11) is -7.49. The van der Waals surface area contributed by atoms with Crippen molar-refractivity contribution in [3.63, 3.8) is 0 Å². The molecular formula is C8H14N2O8S2. The molecule has 1 saturated heterocycles. The Bertz CT molecular complexity index is 542. The second-order valence-corrected chi connectivity index (χ2v) is 7.39. The number of piperazine rings is 1. The average Bonchev–Trinajstić information content (AvgIpc) is 2.25. The molecule has 1 fully saturated rings. The summed E-state index contributed by atoms with van der Waals surface area (Å²) in [6.45, 7) is -1.09. The van der Waals surface area contributed by atoms with Crippen LogP contribution in [0.3, 0.4) is 0 Å². The molecule has 0 saturated carbocycles. The Morgan fingerprint density at radius 2 is 1.15 bits per heavy atom. The van der Waals surface area contributed by atoms with Crippen LogP contribution in [0.5, 0.6) is 0 Å². The van der Waals surface area contributed by atoms with E-state index in [9.17, 15) is 26.4 Å². The first-order chi connectivity index (χ1) is 8.98. The number of carbonyl (C=O) groups is 2. The van der Waals surface area contributed by atoms with Crippen LogP contribution in [0.1, 0.15) is 0 Å². The summed E-state index contributed by atoms with van der Waals surface area (Å²) in [4.78, 5) is 23.2. The van der Waals surface area contributed by atoms with Crippen LogP contribution in [-0.2, 0) is 38.2 Å². The highest BCUT2D eigenvalue weighted by atomic mass is 32.2. The van der Waals surface area contributed by atoms with E-state index in [1.165, 1.54) is 0 Å². The third-order valence-electron chi connectivity index (χ3n) is 2.16. The Morgan fingerprint density at radius 3 is 1.40 bits per heavy atom. The fraction of sp³-hybridized carbons (Fsp3) is 0.750. The lowest BCUT2D eigenvalue weighted by Gasteiger charge is -2.28. The second-order valence-electron chi connectivity index (χ2n) is 4.10. The molecule has 1 heterocycles. The monoisotopic (exact) mass is 330 g/mol. The smallest absolute Gasteiger partial charge is 0.264 e. The molecule has 2 amide bonds. The zero-order valence-electron chi connectivity index (χ0n) is 10.7. The molecule has 0 aliphatic carbocycles. The number of carbonyl (C=O) groups excluding carboxylic acids is 2. The molecule has 1 aliphatic heterocycles. The van der Waals surface area contributed by atoms with Gasteiger partial charge in [-0.15, -0.1) is 0 Å². The predicted octanol–water partition coefficient (Wildman–Crippen LogP) is -3.08. The number of hydrogen-bond acceptors (Lipinski definition) is 8. The SMILES string of the molecule is CS(=O)(=O)OC[C@@H]1NC(=O)[C@H](COS(C)(=O)=O)NC1=O. The lowest BCUT2D eigenvalue weighted by molar-refractivity contribution is -0.138. The van der Waals surface area contributed by atoms with E-state index in [1.807, 2.05) is 0 Å². The van der Waals surface area contributed by atoms with Gasteiger partial charge in [-0.25, -0.2) is 0 Å². The van der Waals surface area contributed by atoms with E-state index in [4.69, 9.17) is 0 Å². The van der Waals surface area contributed by atoms with Gasteiger partial charge in [-0.05, 0) is 0 Å². The van der Waals surface area contributed by atoms with E-state index in [0.29, 0.717) is 0 Å². The van der Waals surface area contributed by atoms with Gasteiger partial charge in [0.15, 0.2) is 0 Å². The molecule has 1 aliphatic rings. The highest BCUT2D eigenvalue weighted by Crippen LogP contribution is 2.02. The predicted molar refractivity (Wildman–Crippen MR) is 65.5 cm³/mol. The topological polar surface area (TPSA) is 145 Å². The molecule has 0 aromatic carbocycles. The van der Waals surface area contributed by atoms with Gasteiger partial charge in [0.1, 0.15) is 12.1 Å². The van der Waals surface area contributed by atoms with Crippen molar-refractivity contribution in [3.8, 4) is 0 Å². The summed E-state index contributed by atoms with van der Waals surface area (Å²) in [5.41, 5.74) is 0. The summed E-state index contributed by atoms with van der Waals surface area (Å²) in [5, 5.41) is 4.42. The average molecular weight is 330 g/mol. The van der Waals surface area contributed by atoms with Crippen molar-refractivity contribution in [2.75, 3.05) is 25.7 Å². The Kier molecular flexibility index (Phi) is 5.07. The van der Waals surface area contributed by atoms with E-state index in [1.54, 1.807) is 0 Å². The van der Waals surface area contributed by atoms with Gasteiger partial charge in [0.25, 0.3) is 20.2 Å². The highest BCUT2D eigenvalue weighted by molar-refractivity contribution is 7.86. The Hall–Kier alpha value is -1.24. The summed E-state index contributed by atoms with van der Waals surface area (Å²) in [5.74, 6) is -1.40. The maximum absolute atomic E-state index is 11.6. The van der Waals surface area contributed by atoms with Crippen molar-refractivity contribution in [2.45, 2.75) is 12.1 Å². The van der Waals surface area contributed by atoms with Gasteiger partial charge < -0.3 is 10.6 Å². The van der Waals surface area contributed by atoms with Crippen molar-refractivity contribution in [2.24, 2.45) is 0 Å². The van der Waals surface area contributed by atoms with Crippen LogP contribution < -0.4 is 10.6 Å². The van der Waals surface area contributed by atoms with Gasteiger partial charge in [-0.2, -0.15) is 16.8 Å². The molecule has 116 valence electrons. The molecule has 0 bridgehead atoms. The lowest BCUT2D eigenvalue weighted by Crippen LogP contribution is -2.64. The maximum Gasteiger partial charge on any atom is 0.264 e. The van der Waals surface area contributed by atoms with Crippen molar-refractivity contribution in [1.29, 1.82) is 0 Å². The fourth-order valence-corrected chi connectivity index (χ4v) is 2.06. The molecule has 0 spiro atoms. The van der Waals surface area contributed by atoms with Crippen LogP contribution in [0, 0.1) is 0 Å². The molecular weight excluding hydrogens is 316 g/mol. The quantitative estimate of drug-likeness (QED) is 0.488. The van der Waals surface area contributed by atoms with Crippen LogP contribution in [0.15, 0.2) is 0 Å². The fourth-order valence-electron chi connectivity index (χ4n) is 1.29. The zero-order valence-corrected chi connectivity index (χ0v) is 12.3. The van der Waals surface area contributed by atoms with Gasteiger partial charge in [0.2, 0.25) is 11.8 Å². The minimum Gasteiger partial charge on any atom is -0.340 e. The van der Waals surface area contributed by atoms with Crippen molar-refractivity contribution < 1.29 is 34.8 Å². The molecule has 0 radical (unpaired) electrons. The zero-order chi connectivity index (χ0) is 15.6. The first-order valence-corrected chi connectivity index (χ1v) is 8.91. The number of amides is 2. The summed E-state index contributed by atoms with van der Waals surface area (Å²) < 4.78 is 52.0.